The molecule has 3 rings (SSSR count). The van der Waals surface area contributed by atoms with Crippen LogP contribution in [0.1, 0.15) is 11.1 Å². The van der Waals surface area contributed by atoms with Gasteiger partial charge >= 0.3 is 6.18 Å². The Morgan fingerprint density at radius 3 is 2.27 bits per heavy atom. The van der Waals surface area contributed by atoms with Crippen LogP contribution in [0.5, 0.6) is 0 Å². The lowest BCUT2D eigenvalue weighted by molar-refractivity contribution is -0.137. The van der Waals surface area contributed by atoms with E-state index >= 15 is 0 Å². The molecule has 26 heavy (non-hydrogen) atoms. The summed E-state index contributed by atoms with van der Waals surface area (Å²) < 4.78 is 78.6. The van der Waals surface area contributed by atoms with Crippen LogP contribution >= 0.6 is 0 Å². The predicted molar refractivity (Wildman–Crippen MR) is 89.4 cm³/mol. The minimum Gasteiger partial charge on any atom is -0.207 e. The van der Waals surface area contributed by atoms with E-state index < -0.39 is 34.1 Å². The van der Waals surface area contributed by atoms with Crippen LogP contribution in [0.15, 0.2) is 65.6 Å². The highest BCUT2D eigenvalue weighted by Crippen LogP contribution is 2.30. The largest absolute Gasteiger partial charge is 0.416 e. The molecule has 0 amide bonds. The normalized spacial score (nSPS) is 12.5. The molecule has 0 bridgehead atoms. The maximum atomic E-state index is 13.4. The number of rotatable bonds is 4. The summed E-state index contributed by atoms with van der Waals surface area (Å²) in [7, 11) is -3.96. The van der Waals surface area contributed by atoms with Crippen molar-refractivity contribution in [3.8, 4) is 0 Å². The van der Waals surface area contributed by atoms with Crippen LogP contribution in [0.2, 0.25) is 0 Å². The topological polar surface area (TPSA) is 46.2 Å². The molecule has 0 saturated carbocycles. The lowest BCUT2D eigenvalue weighted by Gasteiger charge is -2.11. The van der Waals surface area contributed by atoms with Gasteiger partial charge in [-0.25, -0.2) is 17.5 Å². The molecular formula is C18H13F4NO2S. The maximum Gasteiger partial charge on any atom is 0.416 e. The first kappa shape index (κ1) is 18.3. The van der Waals surface area contributed by atoms with E-state index in [4.69, 9.17) is 0 Å². The molecule has 0 aliphatic carbocycles. The van der Waals surface area contributed by atoms with Crippen molar-refractivity contribution in [2.45, 2.75) is 17.6 Å². The summed E-state index contributed by atoms with van der Waals surface area (Å²) in [6.45, 7) is -0.462. The van der Waals surface area contributed by atoms with Crippen LogP contribution in [0.4, 0.5) is 17.6 Å². The van der Waals surface area contributed by atoms with Gasteiger partial charge in [0, 0.05) is 6.54 Å². The van der Waals surface area contributed by atoms with Gasteiger partial charge in [0.25, 0.3) is 0 Å². The van der Waals surface area contributed by atoms with Crippen LogP contribution in [-0.2, 0) is 22.7 Å². The molecular weight excluding hydrogens is 370 g/mol. The zero-order valence-electron chi connectivity index (χ0n) is 13.2. The third kappa shape index (κ3) is 4.03. The van der Waals surface area contributed by atoms with E-state index in [1.165, 1.54) is 12.1 Å². The Morgan fingerprint density at radius 2 is 1.58 bits per heavy atom. The van der Waals surface area contributed by atoms with E-state index in [0.29, 0.717) is 17.5 Å². The van der Waals surface area contributed by atoms with Gasteiger partial charge in [0.05, 0.1) is 10.5 Å². The maximum absolute atomic E-state index is 13.4. The second kappa shape index (κ2) is 6.69. The lowest BCUT2D eigenvalue weighted by Crippen LogP contribution is -2.23. The molecule has 3 aromatic rings. The molecule has 1 N–H and O–H groups in total. The number of sulfonamides is 1. The van der Waals surface area contributed by atoms with Crippen molar-refractivity contribution >= 4 is 20.8 Å². The average Bonchev–Trinajstić information content (AvgIpc) is 2.58. The molecule has 8 heteroatoms. The van der Waals surface area contributed by atoms with E-state index in [1.807, 2.05) is 12.1 Å². The second-order valence-corrected chi connectivity index (χ2v) is 7.45. The number of halogens is 4. The number of fused-ring (bicyclic) bond motifs is 1. The van der Waals surface area contributed by atoms with Crippen molar-refractivity contribution in [1.29, 1.82) is 0 Å². The molecule has 0 radical (unpaired) electrons. The van der Waals surface area contributed by atoms with Gasteiger partial charge in [0.2, 0.25) is 10.0 Å². The highest BCUT2D eigenvalue weighted by atomic mass is 32.2. The summed E-state index contributed by atoms with van der Waals surface area (Å²) in [6, 6.07) is 13.6. The number of alkyl halides is 3. The fourth-order valence-corrected chi connectivity index (χ4v) is 3.57. The van der Waals surface area contributed by atoms with Crippen molar-refractivity contribution in [3.63, 3.8) is 0 Å². The average molecular weight is 383 g/mol. The van der Waals surface area contributed by atoms with E-state index in [0.717, 1.165) is 11.5 Å². The van der Waals surface area contributed by atoms with Gasteiger partial charge in [-0.3, -0.25) is 0 Å². The standard InChI is InChI=1S/C18H13F4NO2S/c19-16-8-12(7-15(10-16)18(20,21)22)11-23-26(24,25)17-6-5-13-3-1-2-4-14(13)9-17/h1-10,23H,11H2. The first-order chi connectivity index (χ1) is 12.1. The van der Waals surface area contributed by atoms with Crippen LogP contribution in [0, 0.1) is 5.82 Å². The molecule has 0 unspecified atom stereocenters. The SMILES string of the molecule is O=S(=O)(NCc1cc(F)cc(C(F)(F)F)c1)c1ccc2ccccc2c1. The Bertz CT molecular complexity index is 1060. The van der Waals surface area contributed by atoms with Gasteiger partial charge < -0.3 is 0 Å². The molecule has 136 valence electrons. The van der Waals surface area contributed by atoms with Gasteiger partial charge in [0.1, 0.15) is 5.82 Å². The summed E-state index contributed by atoms with van der Waals surface area (Å²) in [6.07, 6.45) is -4.71. The number of nitrogens with one attached hydrogen (secondary N) is 1. The first-order valence-corrected chi connectivity index (χ1v) is 8.99. The summed E-state index contributed by atoms with van der Waals surface area (Å²) in [5.41, 5.74) is -1.29. The number of hydrogen-bond acceptors (Lipinski definition) is 2. The van der Waals surface area contributed by atoms with Gasteiger partial charge in [0.15, 0.2) is 0 Å². The summed E-state index contributed by atoms with van der Waals surface area (Å²) in [4.78, 5) is -0.0244. The fourth-order valence-electron chi connectivity index (χ4n) is 2.51. The quantitative estimate of drug-likeness (QED) is 0.676. The van der Waals surface area contributed by atoms with Crippen molar-refractivity contribution in [2.24, 2.45) is 0 Å². The molecule has 0 heterocycles. The zero-order chi connectivity index (χ0) is 18.9. The summed E-state index contributed by atoms with van der Waals surface area (Å²) in [5.74, 6) is -1.08. The third-order valence-corrected chi connectivity index (χ3v) is 5.18. The smallest absolute Gasteiger partial charge is 0.207 e. The molecule has 3 nitrogen and oxygen atoms in total. The molecule has 0 aliphatic heterocycles. The second-order valence-electron chi connectivity index (χ2n) is 5.68. The van der Waals surface area contributed by atoms with Crippen LogP contribution < -0.4 is 4.72 Å². The predicted octanol–water partition coefficient (Wildman–Crippen LogP) is 4.48. The van der Waals surface area contributed by atoms with Gasteiger partial charge in [-0.05, 0) is 46.7 Å². The van der Waals surface area contributed by atoms with Gasteiger partial charge in [-0.2, -0.15) is 13.2 Å². The van der Waals surface area contributed by atoms with E-state index in [-0.39, 0.29) is 10.5 Å². The number of benzene rings is 3. The van der Waals surface area contributed by atoms with Gasteiger partial charge in [-0.15, -0.1) is 0 Å². The van der Waals surface area contributed by atoms with E-state index in [9.17, 15) is 26.0 Å². The van der Waals surface area contributed by atoms with E-state index in [2.05, 4.69) is 4.72 Å². The lowest BCUT2D eigenvalue weighted by atomic mass is 10.1. The van der Waals surface area contributed by atoms with Crippen LogP contribution in [-0.4, -0.2) is 8.42 Å². The Labute approximate surface area is 147 Å². The fraction of sp³-hybridized carbons (Fsp3) is 0.111. The third-order valence-electron chi connectivity index (χ3n) is 3.78. The first-order valence-electron chi connectivity index (χ1n) is 7.50. The molecule has 0 fully saturated rings. The summed E-state index contributed by atoms with van der Waals surface area (Å²) in [5, 5.41) is 1.56. The molecule has 0 saturated heterocycles. The Morgan fingerprint density at radius 1 is 0.885 bits per heavy atom. The zero-order valence-corrected chi connectivity index (χ0v) is 14.0. The molecule has 0 atom stereocenters. The highest BCUT2D eigenvalue weighted by molar-refractivity contribution is 7.89. The Kier molecular flexibility index (Phi) is 4.72. The highest BCUT2D eigenvalue weighted by Gasteiger charge is 2.31. The Hall–Kier alpha value is -2.45. The molecule has 0 spiro atoms. The van der Waals surface area contributed by atoms with Crippen molar-refractivity contribution in [3.05, 3.63) is 77.6 Å². The summed E-state index contributed by atoms with van der Waals surface area (Å²) >= 11 is 0. The number of hydrogen-bond donors (Lipinski definition) is 1. The monoisotopic (exact) mass is 383 g/mol. The minimum atomic E-state index is -4.71. The molecule has 3 aromatic carbocycles. The van der Waals surface area contributed by atoms with Crippen molar-refractivity contribution in [2.75, 3.05) is 0 Å². The van der Waals surface area contributed by atoms with E-state index in [1.54, 1.807) is 18.2 Å². The molecule has 0 aromatic heterocycles. The van der Waals surface area contributed by atoms with Crippen molar-refractivity contribution in [1.82, 2.24) is 4.72 Å². The van der Waals surface area contributed by atoms with Gasteiger partial charge in [-0.1, -0.05) is 30.3 Å². The Balaban J connectivity index is 1.85. The van der Waals surface area contributed by atoms with Crippen LogP contribution in [0.3, 0.4) is 0 Å². The minimum absolute atomic E-state index is 0.0244. The molecule has 0 aliphatic rings. The van der Waals surface area contributed by atoms with Crippen LogP contribution in [0.25, 0.3) is 10.8 Å². The van der Waals surface area contributed by atoms with Crippen molar-refractivity contribution < 1.29 is 26.0 Å².